The van der Waals surface area contributed by atoms with E-state index < -0.39 is 5.91 Å². The molecule has 0 bridgehead atoms. The van der Waals surface area contributed by atoms with Gasteiger partial charge in [-0.05, 0) is 43.3 Å². The van der Waals surface area contributed by atoms with Gasteiger partial charge in [0.1, 0.15) is 11.4 Å². The summed E-state index contributed by atoms with van der Waals surface area (Å²) in [5.74, 6) is 0.621. The number of pyridine rings is 2. The molecule has 1 aliphatic heterocycles. The maximum absolute atomic E-state index is 13.4. The van der Waals surface area contributed by atoms with E-state index in [0.29, 0.717) is 52.5 Å². The largest absolute Gasteiger partial charge is 0.496 e. The molecule has 3 aromatic heterocycles. The molecular formula is C36H37ClN8O4. The Hall–Kier alpha value is -5.46. The van der Waals surface area contributed by atoms with Gasteiger partial charge >= 0.3 is 0 Å². The summed E-state index contributed by atoms with van der Waals surface area (Å²) in [6, 6.07) is 16.3. The number of nitrogens with one attached hydrogen (secondary N) is 3. The van der Waals surface area contributed by atoms with E-state index in [1.165, 1.54) is 0 Å². The van der Waals surface area contributed by atoms with Crippen molar-refractivity contribution in [1.82, 2.24) is 24.4 Å². The number of ether oxygens (including phenoxy) is 2. The molecule has 49 heavy (non-hydrogen) atoms. The number of rotatable bonds is 10. The molecule has 0 spiro atoms. The molecule has 13 heteroatoms. The summed E-state index contributed by atoms with van der Waals surface area (Å²) in [5.41, 5.74) is 7.12. The van der Waals surface area contributed by atoms with Crippen molar-refractivity contribution >= 4 is 40.5 Å². The lowest BCUT2D eigenvalue weighted by Crippen LogP contribution is -2.27. The molecule has 2 amide bonds. The quantitative estimate of drug-likeness (QED) is 0.163. The zero-order valence-electron chi connectivity index (χ0n) is 27.9. The number of aromatic nitrogens is 4. The van der Waals surface area contributed by atoms with Gasteiger partial charge in [-0.1, -0.05) is 35.9 Å². The number of imidazole rings is 1. The van der Waals surface area contributed by atoms with Crippen molar-refractivity contribution in [3.05, 3.63) is 106 Å². The second-order valence-corrected chi connectivity index (χ2v) is 12.1. The number of hydrogen-bond donors (Lipinski definition) is 3. The van der Waals surface area contributed by atoms with E-state index in [1.54, 1.807) is 44.8 Å². The van der Waals surface area contributed by atoms with E-state index in [4.69, 9.17) is 21.1 Å². The van der Waals surface area contributed by atoms with Gasteiger partial charge < -0.3 is 34.9 Å². The summed E-state index contributed by atoms with van der Waals surface area (Å²) in [6.45, 7) is 3.93. The molecule has 0 unspecified atom stereocenters. The Morgan fingerprint density at radius 3 is 2.47 bits per heavy atom. The van der Waals surface area contributed by atoms with Gasteiger partial charge in [-0.15, -0.1) is 0 Å². The van der Waals surface area contributed by atoms with Crippen LogP contribution in [0, 0.1) is 6.92 Å². The zero-order valence-corrected chi connectivity index (χ0v) is 28.7. The Bertz CT molecular complexity index is 2050. The normalized spacial score (nSPS) is 12.6. The van der Waals surface area contributed by atoms with Crippen LogP contribution < -0.4 is 25.4 Å². The smallest absolute Gasteiger partial charge is 0.291 e. The number of carbonyl (C=O) groups is 2. The molecule has 0 fully saturated rings. The Morgan fingerprint density at radius 1 is 0.939 bits per heavy atom. The van der Waals surface area contributed by atoms with Crippen molar-refractivity contribution in [3.63, 3.8) is 0 Å². The van der Waals surface area contributed by atoms with Crippen molar-refractivity contribution in [3.8, 4) is 22.8 Å². The average molecular weight is 681 g/mol. The number of fused-ring (bicyclic) bond motifs is 1. The van der Waals surface area contributed by atoms with E-state index in [1.807, 2.05) is 62.0 Å². The van der Waals surface area contributed by atoms with Gasteiger partial charge in [0.05, 0.1) is 30.6 Å². The lowest BCUT2D eigenvalue weighted by Gasteiger charge is -2.21. The minimum atomic E-state index is -0.395. The van der Waals surface area contributed by atoms with Gasteiger partial charge in [-0.25, -0.2) is 9.97 Å². The van der Waals surface area contributed by atoms with Crippen LogP contribution in [0.15, 0.2) is 67.0 Å². The first-order chi connectivity index (χ1) is 23.7. The van der Waals surface area contributed by atoms with E-state index >= 15 is 0 Å². The fourth-order valence-corrected chi connectivity index (χ4v) is 6.14. The standard InChI is InChI=1S/C36H37ClN8O4/c1-21-24(25-9-7-11-27(33(25)37)43-36(47)34-41-29-20-44(2)15-13-30(29)45(34)3)8-6-10-26(21)42-35(46)28-17-31(48-4)22(19-40-28)18-39-23-12-14-38-32(16-23)49-5/h6-12,14,16-17,19H,13,15,18,20H2,1-5H3,(H,38,39)(H,42,46)(H,43,47). The molecule has 0 saturated carbocycles. The molecule has 0 radical (unpaired) electrons. The number of hydrogen-bond acceptors (Lipinski definition) is 9. The highest BCUT2D eigenvalue weighted by Gasteiger charge is 2.25. The highest BCUT2D eigenvalue weighted by Crippen LogP contribution is 2.38. The first kappa shape index (κ1) is 33.4. The summed E-state index contributed by atoms with van der Waals surface area (Å²) in [7, 11) is 7.02. The fraction of sp³-hybridized carbons (Fsp3) is 0.250. The van der Waals surface area contributed by atoms with Crippen molar-refractivity contribution in [2.24, 2.45) is 7.05 Å². The van der Waals surface area contributed by atoms with Gasteiger partial charge in [0.2, 0.25) is 5.88 Å². The van der Waals surface area contributed by atoms with Crippen LogP contribution in [-0.2, 0) is 26.6 Å². The molecule has 2 aromatic carbocycles. The topological polar surface area (TPSA) is 136 Å². The van der Waals surface area contributed by atoms with E-state index in [2.05, 4.69) is 35.8 Å². The molecule has 0 saturated heterocycles. The van der Waals surface area contributed by atoms with Crippen LogP contribution in [-0.4, -0.2) is 64.0 Å². The van der Waals surface area contributed by atoms with Crippen LogP contribution in [0.4, 0.5) is 17.1 Å². The number of likely N-dealkylation sites (N-methyl/N-ethyl adjacent to an activating group) is 1. The third kappa shape index (κ3) is 7.06. The molecule has 6 rings (SSSR count). The second kappa shape index (κ2) is 14.3. The summed E-state index contributed by atoms with van der Waals surface area (Å²) in [5, 5.41) is 9.60. The lowest BCUT2D eigenvalue weighted by atomic mass is 9.98. The molecular weight excluding hydrogens is 644 g/mol. The SMILES string of the molecule is COc1cc(NCc2cnc(C(=O)Nc3cccc(-c4cccc(NC(=O)c5nc6c(n5C)CCN(C)C6)c4Cl)c3C)cc2OC)ccn1. The maximum atomic E-state index is 13.4. The number of methoxy groups -OCH3 is 2. The second-order valence-electron chi connectivity index (χ2n) is 11.8. The van der Waals surface area contributed by atoms with Crippen LogP contribution in [0.25, 0.3) is 11.1 Å². The highest BCUT2D eigenvalue weighted by atomic mass is 35.5. The van der Waals surface area contributed by atoms with Crippen molar-refractivity contribution < 1.29 is 19.1 Å². The first-order valence-corrected chi connectivity index (χ1v) is 16.1. The van der Waals surface area contributed by atoms with E-state index in [0.717, 1.165) is 46.7 Å². The van der Waals surface area contributed by atoms with Crippen LogP contribution >= 0.6 is 11.6 Å². The van der Waals surface area contributed by atoms with Crippen molar-refractivity contribution in [2.75, 3.05) is 43.8 Å². The molecule has 252 valence electrons. The minimum Gasteiger partial charge on any atom is -0.496 e. The number of anilines is 3. The van der Waals surface area contributed by atoms with Crippen LogP contribution in [0.3, 0.4) is 0 Å². The summed E-state index contributed by atoms with van der Waals surface area (Å²) >= 11 is 6.91. The van der Waals surface area contributed by atoms with E-state index in [-0.39, 0.29) is 11.6 Å². The molecule has 4 heterocycles. The van der Waals surface area contributed by atoms with Crippen LogP contribution in [0.2, 0.25) is 5.02 Å². The zero-order chi connectivity index (χ0) is 34.7. The monoisotopic (exact) mass is 680 g/mol. The molecule has 12 nitrogen and oxygen atoms in total. The highest BCUT2D eigenvalue weighted by molar-refractivity contribution is 6.36. The van der Waals surface area contributed by atoms with Gasteiger partial charge in [-0.2, -0.15) is 0 Å². The minimum absolute atomic E-state index is 0.196. The van der Waals surface area contributed by atoms with Gasteiger partial charge in [0.25, 0.3) is 11.8 Å². The van der Waals surface area contributed by atoms with Crippen molar-refractivity contribution in [2.45, 2.75) is 26.4 Å². The first-order valence-electron chi connectivity index (χ1n) is 15.7. The Morgan fingerprint density at radius 2 is 1.69 bits per heavy atom. The number of benzene rings is 2. The Labute approximate surface area is 289 Å². The maximum Gasteiger partial charge on any atom is 0.291 e. The number of amides is 2. The predicted octanol–water partition coefficient (Wildman–Crippen LogP) is 5.96. The van der Waals surface area contributed by atoms with Crippen LogP contribution in [0.5, 0.6) is 11.6 Å². The lowest BCUT2D eigenvalue weighted by molar-refractivity contribution is 0.100. The van der Waals surface area contributed by atoms with E-state index in [9.17, 15) is 9.59 Å². The molecule has 0 aliphatic carbocycles. The molecule has 5 aromatic rings. The Kier molecular flexibility index (Phi) is 9.79. The van der Waals surface area contributed by atoms with Gasteiger partial charge in [0.15, 0.2) is 5.82 Å². The fourth-order valence-electron chi connectivity index (χ4n) is 5.87. The van der Waals surface area contributed by atoms with Crippen LogP contribution in [0.1, 0.15) is 43.6 Å². The summed E-state index contributed by atoms with van der Waals surface area (Å²) in [6.07, 6.45) is 4.10. The number of carbonyl (C=O) groups excluding carboxylic acids is 2. The van der Waals surface area contributed by atoms with Gasteiger partial charge in [0, 0.05) is 85.8 Å². The number of nitrogens with zero attached hydrogens (tertiary/aromatic N) is 5. The Balaban J connectivity index is 1.18. The average Bonchev–Trinajstić information content (AvgIpc) is 3.44. The summed E-state index contributed by atoms with van der Waals surface area (Å²) < 4.78 is 12.6. The molecule has 0 atom stereocenters. The predicted molar refractivity (Wildman–Crippen MR) is 190 cm³/mol. The molecule has 1 aliphatic rings. The number of halogens is 1. The molecule has 3 N–H and O–H groups in total. The van der Waals surface area contributed by atoms with Crippen molar-refractivity contribution in [1.29, 1.82) is 0 Å². The van der Waals surface area contributed by atoms with Gasteiger partial charge in [-0.3, -0.25) is 14.6 Å². The third-order valence-corrected chi connectivity index (χ3v) is 9.00. The third-order valence-electron chi connectivity index (χ3n) is 8.59. The summed E-state index contributed by atoms with van der Waals surface area (Å²) in [4.78, 5) is 42.1.